The molecule has 0 saturated heterocycles. The molecule has 14 heavy (non-hydrogen) atoms. The van der Waals surface area contributed by atoms with Crippen molar-refractivity contribution in [3.63, 3.8) is 0 Å². The van der Waals surface area contributed by atoms with Crippen LogP contribution in [0.2, 0.25) is 0 Å². The minimum absolute atomic E-state index is 0.0625. The average molecular weight is 203 g/mol. The highest BCUT2D eigenvalue weighted by Gasteiger charge is 2.66. The summed E-state index contributed by atoms with van der Waals surface area (Å²) in [6.45, 7) is 0. The molecule has 2 aliphatic rings. The smallest absolute Gasteiger partial charge is 0.401 e. The van der Waals surface area contributed by atoms with Gasteiger partial charge in [-0.15, -0.1) is 0 Å². The number of alkyl halides is 2. The standard InChI is InChI=1S/C8H8F2N2O2/c9-8(10)3-1-2(3)4(6(8)12)5(11)7(13)14/h2-3,11H,1,12H2,(H,13,14)/p+1. The number of fused-ring (bicyclic) bond motifs is 1. The van der Waals surface area contributed by atoms with Crippen LogP contribution in [-0.4, -0.2) is 22.7 Å². The van der Waals surface area contributed by atoms with Gasteiger partial charge in [0.1, 0.15) is 0 Å². The van der Waals surface area contributed by atoms with Crippen LogP contribution in [0, 0.1) is 11.8 Å². The van der Waals surface area contributed by atoms with Gasteiger partial charge in [0.2, 0.25) is 0 Å². The lowest BCUT2D eigenvalue weighted by Crippen LogP contribution is -2.47. The van der Waals surface area contributed by atoms with Crippen LogP contribution in [0.4, 0.5) is 8.78 Å². The van der Waals surface area contributed by atoms with Gasteiger partial charge < -0.3 is 10.8 Å². The second-order valence-corrected chi connectivity index (χ2v) is 3.62. The van der Waals surface area contributed by atoms with Crippen LogP contribution in [0.5, 0.6) is 0 Å². The number of carboxylic acids is 1. The van der Waals surface area contributed by atoms with Gasteiger partial charge in [-0.2, -0.15) is 8.78 Å². The third-order valence-electron chi connectivity index (χ3n) is 2.80. The van der Waals surface area contributed by atoms with Crippen molar-refractivity contribution in [2.45, 2.75) is 12.3 Å². The van der Waals surface area contributed by atoms with E-state index in [1.54, 1.807) is 0 Å². The molecule has 6 heteroatoms. The number of hydrogen-bond acceptors (Lipinski definition) is 2. The predicted molar refractivity (Wildman–Crippen MR) is 42.3 cm³/mol. The summed E-state index contributed by atoms with van der Waals surface area (Å²) in [6.07, 6.45) is 0.275. The lowest BCUT2D eigenvalue weighted by Gasteiger charge is -2.12. The molecule has 2 atom stereocenters. The molecule has 0 aliphatic heterocycles. The number of nitrogens with two attached hydrogens (primary N) is 2. The molecule has 2 unspecified atom stereocenters. The maximum absolute atomic E-state index is 13.2. The number of carboxylic acid groups (broad SMARTS) is 1. The lowest BCUT2D eigenvalue weighted by molar-refractivity contribution is -0.147. The monoisotopic (exact) mass is 203 g/mol. The molecule has 1 saturated carbocycles. The van der Waals surface area contributed by atoms with Crippen LogP contribution in [0.1, 0.15) is 6.42 Å². The highest BCUT2D eigenvalue weighted by Crippen LogP contribution is 2.61. The summed E-state index contributed by atoms with van der Waals surface area (Å²) in [4.78, 5) is 10.5. The molecule has 0 aromatic carbocycles. The van der Waals surface area contributed by atoms with Gasteiger partial charge in [-0.1, -0.05) is 0 Å². The van der Waals surface area contributed by atoms with Gasteiger partial charge in [-0.25, -0.2) is 10.2 Å². The second-order valence-electron chi connectivity index (χ2n) is 3.62. The molecule has 0 bridgehead atoms. The molecule has 2 aliphatic carbocycles. The van der Waals surface area contributed by atoms with E-state index < -0.39 is 35.1 Å². The second kappa shape index (κ2) is 2.31. The van der Waals surface area contributed by atoms with E-state index in [2.05, 4.69) is 0 Å². The third kappa shape index (κ3) is 0.906. The molecule has 0 spiro atoms. The van der Waals surface area contributed by atoms with Crippen LogP contribution >= 0.6 is 0 Å². The van der Waals surface area contributed by atoms with Crippen LogP contribution in [0.3, 0.4) is 0 Å². The van der Waals surface area contributed by atoms with Crippen molar-refractivity contribution in [3.8, 4) is 0 Å². The molecular weight excluding hydrogens is 194 g/mol. The fourth-order valence-electron chi connectivity index (χ4n) is 1.95. The Balaban J connectivity index is 2.41. The highest BCUT2D eigenvalue weighted by molar-refractivity contribution is 6.40. The number of allylic oxidation sites excluding steroid dienone is 1. The molecule has 0 radical (unpaired) electrons. The van der Waals surface area contributed by atoms with Crippen molar-refractivity contribution in [1.29, 1.82) is 0 Å². The minimum atomic E-state index is -3.08. The Hall–Kier alpha value is -1.46. The first-order valence-electron chi connectivity index (χ1n) is 4.11. The van der Waals surface area contributed by atoms with Gasteiger partial charge in [0.15, 0.2) is 0 Å². The molecule has 0 amide bonds. The summed E-state index contributed by atoms with van der Waals surface area (Å²) in [6, 6.07) is 0. The van der Waals surface area contributed by atoms with Gasteiger partial charge in [0.05, 0.1) is 11.3 Å². The molecule has 0 aromatic rings. The molecular formula is C8H9F2N2O2+. The number of carbonyl (C=O) groups is 1. The molecule has 5 N–H and O–H groups in total. The van der Waals surface area contributed by atoms with Gasteiger partial charge in [0.25, 0.3) is 11.6 Å². The van der Waals surface area contributed by atoms with Crippen LogP contribution in [-0.2, 0) is 4.79 Å². The topological polar surface area (TPSA) is 88.9 Å². The fraction of sp³-hybridized carbons (Fsp3) is 0.500. The summed E-state index contributed by atoms with van der Waals surface area (Å²) >= 11 is 0. The molecule has 0 heterocycles. The van der Waals surface area contributed by atoms with Crippen molar-refractivity contribution in [3.05, 3.63) is 11.3 Å². The van der Waals surface area contributed by atoms with E-state index in [-0.39, 0.29) is 12.0 Å². The lowest BCUT2D eigenvalue weighted by atomic mass is 10.1. The highest BCUT2D eigenvalue weighted by atomic mass is 19.3. The number of aliphatic carboxylic acids is 1. The van der Waals surface area contributed by atoms with E-state index in [1.165, 1.54) is 0 Å². The summed E-state index contributed by atoms with van der Waals surface area (Å²) in [5.74, 6) is -5.78. The molecule has 2 rings (SSSR count). The zero-order chi connectivity index (χ0) is 10.7. The first-order valence-corrected chi connectivity index (χ1v) is 4.11. The number of hydrogen-bond donors (Lipinski definition) is 3. The number of halogens is 2. The van der Waals surface area contributed by atoms with Gasteiger partial charge >= 0.3 is 5.97 Å². The molecule has 4 nitrogen and oxygen atoms in total. The maximum atomic E-state index is 13.2. The molecule has 76 valence electrons. The van der Waals surface area contributed by atoms with E-state index >= 15 is 0 Å². The van der Waals surface area contributed by atoms with Crippen molar-refractivity contribution in [2.75, 3.05) is 0 Å². The zero-order valence-electron chi connectivity index (χ0n) is 7.13. The van der Waals surface area contributed by atoms with Crippen LogP contribution in [0.15, 0.2) is 11.3 Å². The molecule has 0 aromatic heterocycles. The minimum Gasteiger partial charge on any atom is -0.473 e. The predicted octanol–water partition coefficient (Wildman–Crippen LogP) is -1.23. The van der Waals surface area contributed by atoms with Crippen LogP contribution in [0.25, 0.3) is 0 Å². The maximum Gasteiger partial charge on any atom is 0.401 e. The Morgan fingerprint density at radius 1 is 1.64 bits per heavy atom. The SMILES string of the molecule is NC1=C(C(=[NH2+])C(=O)O)C2CC2C1(F)F. The van der Waals surface area contributed by atoms with Crippen molar-refractivity contribution in [1.82, 2.24) is 0 Å². The largest absolute Gasteiger partial charge is 0.473 e. The van der Waals surface area contributed by atoms with Crippen molar-refractivity contribution >= 4 is 11.7 Å². The quantitative estimate of drug-likeness (QED) is 0.491. The van der Waals surface area contributed by atoms with E-state index in [1.807, 2.05) is 0 Å². The Bertz CT molecular complexity index is 376. The van der Waals surface area contributed by atoms with Crippen LogP contribution < -0.4 is 11.1 Å². The Morgan fingerprint density at radius 3 is 2.57 bits per heavy atom. The fourth-order valence-corrected chi connectivity index (χ4v) is 1.95. The molecule has 1 fully saturated rings. The summed E-state index contributed by atoms with van der Waals surface area (Å²) < 4.78 is 26.4. The van der Waals surface area contributed by atoms with Crippen molar-refractivity contribution in [2.24, 2.45) is 17.6 Å². The average Bonchev–Trinajstić information content (AvgIpc) is 2.80. The van der Waals surface area contributed by atoms with E-state index in [9.17, 15) is 13.6 Å². The van der Waals surface area contributed by atoms with Gasteiger partial charge in [-0.05, 0) is 6.42 Å². The Morgan fingerprint density at radius 2 is 2.21 bits per heavy atom. The number of rotatable bonds is 2. The summed E-state index contributed by atoms with van der Waals surface area (Å²) in [5.41, 5.74) is 3.90. The van der Waals surface area contributed by atoms with Gasteiger partial charge in [-0.3, -0.25) is 0 Å². The van der Waals surface area contributed by atoms with E-state index in [4.69, 9.17) is 16.2 Å². The summed E-state index contributed by atoms with van der Waals surface area (Å²) in [7, 11) is 0. The zero-order valence-corrected chi connectivity index (χ0v) is 7.13. The first kappa shape index (κ1) is 9.11. The van der Waals surface area contributed by atoms with E-state index in [0.29, 0.717) is 0 Å². The first-order chi connectivity index (χ1) is 6.37. The Labute approximate surface area is 77.9 Å². The van der Waals surface area contributed by atoms with Gasteiger partial charge in [0, 0.05) is 11.8 Å². The summed E-state index contributed by atoms with van der Waals surface area (Å²) in [5, 5.41) is 13.8. The van der Waals surface area contributed by atoms with E-state index in [0.717, 1.165) is 0 Å². The Kier molecular flexibility index (Phi) is 1.51. The third-order valence-corrected chi connectivity index (χ3v) is 2.80. The van der Waals surface area contributed by atoms with Crippen molar-refractivity contribution < 1.29 is 24.1 Å². The normalized spacial score (nSPS) is 32.7.